The molecule has 0 spiro atoms. The van der Waals surface area contributed by atoms with Crippen molar-refractivity contribution in [2.45, 2.75) is 33.7 Å². The third-order valence-electron chi connectivity index (χ3n) is 3.49. The van der Waals surface area contributed by atoms with Crippen molar-refractivity contribution in [1.29, 1.82) is 0 Å². The number of nitrogens with one attached hydrogen (secondary N) is 1. The van der Waals surface area contributed by atoms with Gasteiger partial charge in [0, 0.05) is 11.7 Å². The molecular weight excluding hydrogens is 258 g/mol. The lowest BCUT2D eigenvalue weighted by molar-refractivity contribution is 0.598. The Labute approximate surface area is 119 Å². The molecule has 102 valence electrons. The van der Waals surface area contributed by atoms with Crippen LogP contribution in [0.4, 0.5) is 0 Å². The van der Waals surface area contributed by atoms with E-state index in [0.29, 0.717) is 6.04 Å². The van der Waals surface area contributed by atoms with Gasteiger partial charge in [0.25, 0.3) is 0 Å². The monoisotopic (exact) mass is 277 g/mol. The molecule has 0 radical (unpaired) electrons. The molecule has 0 fully saturated rings. The van der Waals surface area contributed by atoms with E-state index in [4.69, 9.17) is 11.6 Å². The number of nitrogens with zero attached hydrogens (tertiary/aromatic N) is 2. The van der Waals surface area contributed by atoms with E-state index >= 15 is 0 Å². The molecule has 0 aliphatic carbocycles. The Morgan fingerprint density at radius 2 is 2.11 bits per heavy atom. The number of rotatable bonds is 4. The first-order chi connectivity index (χ1) is 9.04. The topological polar surface area (TPSA) is 29.9 Å². The maximum absolute atomic E-state index is 6.41. The Kier molecular flexibility index (Phi) is 4.27. The van der Waals surface area contributed by atoms with Crippen molar-refractivity contribution < 1.29 is 0 Å². The molecule has 1 N–H and O–H groups in total. The van der Waals surface area contributed by atoms with Gasteiger partial charge in [-0.25, -0.2) is 4.98 Å². The van der Waals surface area contributed by atoms with Crippen molar-refractivity contribution in [3.63, 3.8) is 0 Å². The van der Waals surface area contributed by atoms with Crippen LogP contribution in [0.25, 0.3) is 5.69 Å². The van der Waals surface area contributed by atoms with Crippen LogP contribution in [0.5, 0.6) is 0 Å². The fourth-order valence-corrected chi connectivity index (χ4v) is 2.43. The predicted molar refractivity (Wildman–Crippen MR) is 80.1 cm³/mol. The summed E-state index contributed by atoms with van der Waals surface area (Å²) in [7, 11) is 0. The summed E-state index contributed by atoms with van der Waals surface area (Å²) in [6.07, 6.45) is 1.82. The second-order valence-corrected chi connectivity index (χ2v) is 5.18. The average Bonchev–Trinajstić information content (AvgIpc) is 2.70. The Morgan fingerprint density at radius 3 is 2.63 bits per heavy atom. The summed E-state index contributed by atoms with van der Waals surface area (Å²) >= 11 is 6.41. The minimum absolute atomic E-state index is 0.308. The summed E-state index contributed by atoms with van der Waals surface area (Å²) in [6.45, 7) is 9.24. The molecule has 0 aliphatic rings. The van der Waals surface area contributed by atoms with Crippen molar-refractivity contribution in [2.24, 2.45) is 0 Å². The molecule has 1 unspecified atom stereocenters. The molecule has 3 nitrogen and oxygen atoms in total. The number of benzene rings is 1. The predicted octanol–water partition coefficient (Wildman–Crippen LogP) is 3.81. The average molecular weight is 278 g/mol. The fraction of sp³-hybridized carbons (Fsp3) is 0.400. The van der Waals surface area contributed by atoms with E-state index in [2.05, 4.69) is 36.3 Å². The summed E-state index contributed by atoms with van der Waals surface area (Å²) < 4.78 is 2.03. The smallest absolute Gasteiger partial charge is 0.0997 e. The summed E-state index contributed by atoms with van der Waals surface area (Å²) in [5.41, 5.74) is 4.33. The lowest BCUT2D eigenvalue weighted by atomic mass is 10.1. The first kappa shape index (κ1) is 14.1. The third-order valence-corrected chi connectivity index (χ3v) is 3.80. The molecule has 2 aromatic rings. The summed E-state index contributed by atoms with van der Waals surface area (Å²) in [5.74, 6) is 0. The van der Waals surface area contributed by atoms with Crippen LogP contribution in [0.15, 0.2) is 24.5 Å². The van der Waals surface area contributed by atoms with E-state index in [9.17, 15) is 0 Å². The van der Waals surface area contributed by atoms with Crippen LogP contribution in [0.2, 0.25) is 5.02 Å². The molecule has 1 atom stereocenters. The molecule has 2 rings (SSSR count). The van der Waals surface area contributed by atoms with Gasteiger partial charge in [0.05, 0.1) is 22.7 Å². The Hall–Kier alpha value is -1.32. The van der Waals surface area contributed by atoms with Crippen LogP contribution in [0.3, 0.4) is 0 Å². The van der Waals surface area contributed by atoms with Crippen molar-refractivity contribution in [1.82, 2.24) is 14.9 Å². The van der Waals surface area contributed by atoms with E-state index in [1.54, 1.807) is 0 Å². The molecular formula is C15H20ClN3. The zero-order valence-electron chi connectivity index (χ0n) is 11.9. The minimum atomic E-state index is 0.308. The standard InChI is InChI=1S/C15H20ClN3/c1-5-17-11(3)13-6-7-15(14(16)8-13)19-9-18-10(2)12(19)4/h6-9,11,17H,5H2,1-4H3. The van der Waals surface area contributed by atoms with Crippen LogP contribution in [0.1, 0.15) is 36.8 Å². The number of hydrogen-bond donors (Lipinski definition) is 1. The van der Waals surface area contributed by atoms with E-state index < -0.39 is 0 Å². The maximum Gasteiger partial charge on any atom is 0.0997 e. The number of hydrogen-bond acceptors (Lipinski definition) is 2. The Balaban J connectivity index is 2.37. The van der Waals surface area contributed by atoms with Crippen molar-refractivity contribution in [3.8, 4) is 5.69 Å². The van der Waals surface area contributed by atoms with Gasteiger partial charge in [0.1, 0.15) is 0 Å². The molecule has 1 aromatic heterocycles. The molecule has 0 amide bonds. The highest BCUT2D eigenvalue weighted by molar-refractivity contribution is 6.32. The Morgan fingerprint density at radius 1 is 1.37 bits per heavy atom. The summed E-state index contributed by atoms with van der Waals surface area (Å²) in [6, 6.07) is 6.50. The number of halogens is 1. The normalized spacial score (nSPS) is 12.7. The van der Waals surface area contributed by atoms with Crippen LogP contribution in [-0.2, 0) is 0 Å². The summed E-state index contributed by atoms with van der Waals surface area (Å²) in [5, 5.41) is 4.14. The van der Waals surface area contributed by atoms with E-state index in [0.717, 1.165) is 28.6 Å². The van der Waals surface area contributed by atoms with Crippen molar-refractivity contribution in [3.05, 3.63) is 46.5 Å². The molecule has 0 saturated heterocycles. The fourth-order valence-electron chi connectivity index (χ4n) is 2.15. The van der Waals surface area contributed by atoms with Crippen molar-refractivity contribution >= 4 is 11.6 Å². The van der Waals surface area contributed by atoms with Gasteiger partial charge >= 0.3 is 0 Å². The first-order valence-corrected chi connectivity index (χ1v) is 6.96. The molecule has 0 saturated carbocycles. The zero-order valence-corrected chi connectivity index (χ0v) is 12.6. The lowest BCUT2D eigenvalue weighted by Crippen LogP contribution is -2.17. The lowest BCUT2D eigenvalue weighted by Gasteiger charge is -2.15. The van der Waals surface area contributed by atoms with Crippen LogP contribution in [-0.4, -0.2) is 16.1 Å². The van der Waals surface area contributed by atoms with Crippen LogP contribution >= 0.6 is 11.6 Å². The van der Waals surface area contributed by atoms with Gasteiger partial charge in [0.15, 0.2) is 0 Å². The highest BCUT2D eigenvalue weighted by Crippen LogP contribution is 2.26. The second-order valence-electron chi connectivity index (χ2n) is 4.78. The largest absolute Gasteiger partial charge is 0.310 e. The van der Waals surface area contributed by atoms with Gasteiger partial charge in [-0.1, -0.05) is 24.6 Å². The second kappa shape index (κ2) is 5.76. The molecule has 1 aromatic carbocycles. The number of aromatic nitrogens is 2. The third kappa shape index (κ3) is 2.82. The molecule has 0 bridgehead atoms. The van der Waals surface area contributed by atoms with Gasteiger partial charge in [-0.3, -0.25) is 0 Å². The van der Waals surface area contributed by atoms with E-state index in [1.807, 2.05) is 30.8 Å². The molecule has 19 heavy (non-hydrogen) atoms. The first-order valence-electron chi connectivity index (χ1n) is 6.58. The van der Waals surface area contributed by atoms with Crippen molar-refractivity contribution in [2.75, 3.05) is 6.54 Å². The van der Waals surface area contributed by atoms with Gasteiger partial charge in [0.2, 0.25) is 0 Å². The van der Waals surface area contributed by atoms with Crippen LogP contribution < -0.4 is 5.32 Å². The van der Waals surface area contributed by atoms with E-state index in [-0.39, 0.29) is 0 Å². The highest BCUT2D eigenvalue weighted by Gasteiger charge is 2.11. The molecule has 0 aliphatic heterocycles. The van der Waals surface area contributed by atoms with Gasteiger partial charge in [-0.05, 0) is 45.0 Å². The van der Waals surface area contributed by atoms with Gasteiger partial charge < -0.3 is 9.88 Å². The SMILES string of the molecule is CCNC(C)c1ccc(-n2cnc(C)c2C)c(Cl)c1. The number of aryl methyl sites for hydroxylation is 1. The van der Waals surface area contributed by atoms with Crippen LogP contribution in [0, 0.1) is 13.8 Å². The molecule has 1 heterocycles. The van der Waals surface area contributed by atoms with E-state index in [1.165, 1.54) is 5.56 Å². The number of imidazole rings is 1. The maximum atomic E-state index is 6.41. The van der Waals surface area contributed by atoms with Gasteiger partial charge in [-0.15, -0.1) is 0 Å². The zero-order chi connectivity index (χ0) is 14.0. The Bertz CT molecular complexity index is 575. The highest BCUT2D eigenvalue weighted by atomic mass is 35.5. The van der Waals surface area contributed by atoms with Gasteiger partial charge in [-0.2, -0.15) is 0 Å². The molecule has 4 heteroatoms. The minimum Gasteiger partial charge on any atom is -0.310 e. The quantitative estimate of drug-likeness (QED) is 0.921. The summed E-state index contributed by atoms with van der Waals surface area (Å²) in [4.78, 5) is 4.31.